The summed E-state index contributed by atoms with van der Waals surface area (Å²) < 4.78 is 5.51. The van der Waals surface area contributed by atoms with Gasteiger partial charge in [0, 0.05) is 6.54 Å². The van der Waals surface area contributed by atoms with Gasteiger partial charge in [0.05, 0.1) is 23.9 Å². The van der Waals surface area contributed by atoms with Crippen LogP contribution in [0.5, 0.6) is 0 Å². The summed E-state index contributed by atoms with van der Waals surface area (Å²) in [6.45, 7) is 12.4. The first-order valence-corrected chi connectivity index (χ1v) is 13.5. The van der Waals surface area contributed by atoms with Crippen LogP contribution in [0.4, 0.5) is 0 Å². The fourth-order valence-corrected chi connectivity index (χ4v) is 4.23. The predicted molar refractivity (Wildman–Crippen MR) is 151 cm³/mol. The van der Waals surface area contributed by atoms with Crippen LogP contribution >= 0.6 is 0 Å². The van der Waals surface area contributed by atoms with E-state index >= 15 is 0 Å². The van der Waals surface area contributed by atoms with E-state index in [-0.39, 0.29) is 31.2 Å². The number of hydrazine groups is 1. The maximum Gasteiger partial charge on any atom is 0.351 e. The van der Waals surface area contributed by atoms with Gasteiger partial charge in [-0.1, -0.05) is 70.2 Å². The number of hydrogen-bond acceptors (Lipinski definition) is 7. The van der Waals surface area contributed by atoms with Crippen LogP contribution in [-0.4, -0.2) is 56.9 Å². The van der Waals surface area contributed by atoms with Crippen molar-refractivity contribution in [2.75, 3.05) is 6.54 Å². The van der Waals surface area contributed by atoms with Gasteiger partial charge in [0.15, 0.2) is 0 Å². The van der Waals surface area contributed by atoms with Crippen LogP contribution in [0.3, 0.4) is 0 Å². The van der Waals surface area contributed by atoms with E-state index in [9.17, 15) is 29.5 Å². The van der Waals surface area contributed by atoms with Crippen molar-refractivity contribution < 1.29 is 34.2 Å². The number of aliphatic carboxylic acids is 1. The molecule has 0 saturated heterocycles. The van der Waals surface area contributed by atoms with Gasteiger partial charge in [-0.3, -0.25) is 35.8 Å². The fraction of sp³-hybridized carbons (Fsp3) is 0.586. The number of nitrogens with two attached hydrogens (primary N) is 1. The highest BCUT2D eigenvalue weighted by molar-refractivity contribution is 5.90. The van der Waals surface area contributed by atoms with Crippen molar-refractivity contribution in [3.8, 4) is 0 Å². The highest BCUT2D eigenvalue weighted by atomic mass is 16.6. The number of benzene rings is 1. The van der Waals surface area contributed by atoms with Gasteiger partial charge in [0.25, 0.3) is 0 Å². The molecule has 0 heterocycles. The van der Waals surface area contributed by atoms with Crippen molar-refractivity contribution in [2.45, 2.75) is 79.1 Å². The predicted octanol–water partition coefficient (Wildman–Crippen LogP) is 3.33. The number of amides is 3. The van der Waals surface area contributed by atoms with Crippen molar-refractivity contribution >= 4 is 29.8 Å². The number of hydroxylamine groups is 1. The molecule has 0 aliphatic heterocycles. The lowest BCUT2D eigenvalue weighted by Gasteiger charge is -2.35. The largest absolute Gasteiger partial charge is 0.478 e. The number of nitrogens with one attached hydrogen (secondary N) is 2. The molecule has 1 rings (SSSR count). The summed E-state index contributed by atoms with van der Waals surface area (Å²) >= 11 is 0. The molecule has 0 aliphatic carbocycles. The standard InChI is InChI=1S/C29H46N4O7/c1-19(2)16-23(22(26(36)32-39)15-11-14-21-12-9-8-10-13-21)25(35)31-33(18-20(3)4)24(34)17-29(30,27(37)38)40-28(5,6)7/h8-14,19-20,22-23,39H,15-18,30H2,1-7H3,(H,31,35)(H,32,36)(H,37,38)/b14-11+/t22-,23+,29-/m0/s1. The summed E-state index contributed by atoms with van der Waals surface area (Å²) in [7, 11) is 0. The van der Waals surface area contributed by atoms with Crippen LogP contribution in [0.1, 0.15) is 73.3 Å². The highest BCUT2D eigenvalue weighted by Gasteiger charge is 2.43. The van der Waals surface area contributed by atoms with E-state index in [1.807, 2.05) is 64.1 Å². The first-order chi connectivity index (χ1) is 18.5. The molecule has 3 amide bonds. The molecule has 0 bridgehead atoms. The number of carbonyl (C=O) groups excluding carboxylic acids is 3. The minimum absolute atomic E-state index is 0.000911. The van der Waals surface area contributed by atoms with Crippen molar-refractivity contribution in [3.05, 3.63) is 42.0 Å². The van der Waals surface area contributed by atoms with E-state index in [0.717, 1.165) is 10.6 Å². The number of allylic oxidation sites excluding steroid dienone is 1. The van der Waals surface area contributed by atoms with Crippen LogP contribution in [0.2, 0.25) is 0 Å². The summed E-state index contributed by atoms with van der Waals surface area (Å²) in [5, 5.41) is 20.2. The Morgan fingerprint density at radius 3 is 2.08 bits per heavy atom. The van der Waals surface area contributed by atoms with E-state index in [4.69, 9.17) is 10.5 Å². The van der Waals surface area contributed by atoms with Crippen molar-refractivity contribution in [2.24, 2.45) is 29.4 Å². The Balaban J connectivity index is 3.28. The number of hydrogen-bond donors (Lipinski definition) is 5. The Hall–Kier alpha value is -3.28. The van der Waals surface area contributed by atoms with E-state index in [1.165, 1.54) is 0 Å². The number of nitrogens with zero attached hydrogens (tertiary/aromatic N) is 1. The minimum atomic E-state index is -2.33. The monoisotopic (exact) mass is 562 g/mol. The number of carboxylic acid groups (broad SMARTS) is 1. The molecule has 1 aromatic carbocycles. The van der Waals surface area contributed by atoms with Gasteiger partial charge >= 0.3 is 5.97 Å². The molecule has 3 atom stereocenters. The molecule has 0 spiro atoms. The lowest BCUT2D eigenvalue weighted by molar-refractivity contribution is -0.189. The second kappa shape index (κ2) is 15.5. The molecule has 224 valence electrons. The lowest BCUT2D eigenvalue weighted by atomic mass is 9.82. The first-order valence-electron chi connectivity index (χ1n) is 13.5. The van der Waals surface area contributed by atoms with Crippen molar-refractivity contribution in [3.63, 3.8) is 0 Å². The third-order valence-electron chi connectivity index (χ3n) is 5.85. The number of ether oxygens (including phenoxy) is 1. The zero-order valence-corrected chi connectivity index (χ0v) is 24.6. The molecule has 0 unspecified atom stereocenters. The molecule has 0 aromatic heterocycles. The maximum absolute atomic E-state index is 13.6. The third-order valence-corrected chi connectivity index (χ3v) is 5.85. The van der Waals surface area contributed by atoms with E-state index < -0.39 is 53.3 Å². The summed E-state index contributed by atoms with van der Waals surface area (Å²) in [4.78, 5) is 51.6. The molecule has 11 nitrogen and oxygen atoms in total. The Labute approximate surface area is 237 Å². The Bertz CT molecular complexity index is 1020. The zero-order chi connectivity index (χ0) is 30.7. The van der Waals surface area contributed by atoms with E-state index in [1.54, 1.807) is 32.3 Å². The number of rotatable bonds is 14. The van der Waals surface area contributed by atoms with Gasteiger partial charge in [0.1, 0.15) is 0 Å². The lowest BCUT2D eigenvalue weighted by Crippen LogP contribution is -2.59. The van der Waals surface area contributed by atoms with Gasteiger partial charge in [-0.15, -0.1) is 0 Å². The zero-order valence-electron chi connectivity index (χ0n) is 24.6. The SMILES string of the molecule is CC(C)C[C@@H](C(=O)NN(CC(C)C)C(=O)C[C@](N)(OC(C)(C)C)C(=O)O)[C@H](C/C=C/c1ccccc1)C(=O)NO. The van der Waals surface area contributed by atoms with Crippen LogP contribution < -0.4 is 16.6 Å². The summed E-state index contributed by atoms with van der Waals surface area (Å²) in [6.07, 6.45) is 3.27. The topological polar surface area (TPSA) is 171 Å². The van der Waals surface area contributed by atoms with Crippen LogP contribution in [0.15, 0.2) is 36.4 Å². The smallest absolute Gasteiger partial charge is 0.351 e. The third kappa shape index (κ3) is 11.8. The van der Waals surface area contributed by atoms with Crippen LogP contribution in [0, 0.1) is 23.7 Å². The summed E-state index contributed by atoms with van der Waals surface area (Å²) in [5.74, 6) is -5.58. The molecular formula is C29H46N4O7. The average Bonchev–Trinajstić information content (AvgIpc) is 2.83. The molecule has 40 heavy (non-hydrogen) atoms. The quantitative estimate of drug-likeness (QED) is 0.130. The normalized spacial score (nSPS) is 15.0. The minimum Gasteiger partial charge on any atom is -0.478 e. The second-order valence-electron chi connectivity index (χ2n) is 11.8. The molecule has 6 N–H and O–H groups in total. The first kappa shape index (κ1) is 34.7. The molecule has 0 radical (unpaired) electrons. The number of carboxylic acids is 1. The molecule has 1 aromatic rings. The van der Waals surface area contributed by atoms with Crippen molar-refractivity contribution in [1.82, 2.24) is 15.9 Å². The van der Waals surface area contributed by atoms with Crippen LogP contribution in [-0.2, 0) is 23.9 Å². The Kier molecular flexibility index (Phi) is 13.5. The van der Waals surface area contributed by atoms with Gasteiger partial charge in [0.2, 0.25) is 23.4 Å². The average molecular weight is 563 g/mol. The van der Waals surface area contributed by atoms with Gasteiger partial charge in [-0.25, -0.2) is 10.3 Å². The number of carbonyl (C=O) groups is 4. The molecule has 0 aliphatic rings. The summed E-state index contributed by atoms with van der Waals surface area (Å²) in [5.41, 5.74) is 7.88. The van der Waals surface area contributed by atoms with E-state index in [2.05, 4.69) is 5.43 Å². The molecule has 0 saturated carbocycles. The second-order valence-corrected chi connectivity index (χ2v) is 11.8. The highest BCUT2D eigenvalue weighted by Crippen LogP contribution is 2.26. The van der Waals surface area contributed by atoms with Gasteiger partial charge in [-0.2, -0.15) is 0 Å². The van der Waals surface area contributed by atoms with E-state index in [0.29, 0.717) is 0 Å². The Morgan fingerprint density at radius 2 is 1.60 bits per heavy atom. The van der Waals surface area contributed by atoms with Crippen molar-refractivity contribution in [1.29, 1.82) is 0 Å². The van der Waals surface area contributed by atoms with Crippen LogP contribution in [0.25, 0.3) is 6.08 Å². The maximum atomic E-state index is 13.6. The molecular weight excluding hydrogens is 516 g/mol. The molecule has 11 heteroatoms. The Morgan fingerprint density at radius 1 is 1.00 bits per heavy atom. The molecule has 0 fully saturated rings. The van der Waals surface area contributed by atoms with Gasteiger partial charge < -0.3 is 9.84 Å². The van der Waals surface area contributed by atoms with Gasteiger partial charge in [-0.05, 0) is 51.0 Å². The summed E-state index contributed by atoms with van der Waals surface area (Å²) in [6, 6.07) is 9.42. The fourth-order valence-electron chi connectivity index (χ4n) is 4.23.